The summed E-state index contributed by atoms with van der Waals surface area (Å²) < 4.78 is 18.0. The number of hydrogen-bond donors (Lipinski definition) is 0. The Balaban J connectivity index is 1.58. The molecule has 0 spiro atoms. The third-order valence-corrected chi connectivity index (χ3v) is 4.39. The first-order chi connectivity index (χ1) is 12.2. The lowest BCUT2D eigenvalue weighted by atomic mass is 10.2. The summed E-state index contributed by atoms with van der Waals surface area (Å²) in [5, 5.41) is 0. The highest BCUT2D eigenvalue weighted by Crippen LogP contribution is 2.13. The molecule has 1 aromatic carbocycles. The lowest BCUT2D eigenvalue weighted by molar-refractivity contribution is 0.0760. The first-order valence-electron chi connectivity index (χ1n) is 8.42. The van der Waals surface area contributed by atoms with Crippen LogP contribution < -0.4 is 4.74 Å². The smallest absolute Gasteiger partial charge is 0.255 e. The van der Waals surface area contributed by atoms with Crippen molar-refractivity contribution < 1.29 is 13.9 Å². The average molecular weight is 343 g/mol. The van der Waals surface area contributed by atoms with Gasteiger partial charge in [-0.1, -0.05) is 12.1 Å². The van der Waals surface area contributed by atoms with Crippen LogP contribution in [-0.4, -0.2) is 54.0 Å². The Bertz CT molecular complexity index is 704. The summed E-state index contributed by atoms with van der Waals surface area (Å²) in [6.07, 6.45) is 2.47. The minimum absolute atomic E-state index is 0.00112. The molecule has 1 saturated heterocycles. The Hall–Kier alpha value is -2.47. The number of carbonyl (C=O) groups is 1. The van der Waals surface area contributed by atoms with Crippen molar-refractivity contribution in [2.75, 3.05) is 33.3 Å². The number of aromatic nitrogens is 1. The molecule has 132 valence electrons. The molecule has 0 atom stereocenters. The molecule has 1 amide bonds. The molecule has 0 saturated carbocycles. The van der Waals surface area contributed by atoms with Crippen LogP contribution in [0.5, 0.6) is 5.88 Å². The Kier molecular flexibility index (Phi) is 5.60. The average Bonchev–Trinajstić information content (AvgIpc) is 2.89. The second kappa shape index (κ2) is 8.07. The van der Waals surface area contributed by atoms with Crippen LogP contribution in [0, 0.1) is 5.82 Å². The Labute approximate surface area is 147 Å². The number of nitrogens with zero attached hydrogens (tertiary/aromatic N) is 3. The maximum Gasteiger partial charge on any atom is 0.255 e. The van der Waals surface area contributed by atoms with Gasteiger partial charge in [-0.15, -0.1) is 0 Å². The van der Waals surface area contributed by atoms with Crippen molar-refractivity contribution in [2.24, 2.45) is 0 Å². The number of pyridine rings is 1. The van der Waals surface area contributed by atoms with Crippen molar-refractivity contribution in [2.45, 2.75) is 13.0 Å². The Morgan fingerprint density at radius 2 is 1.92 bits per heavy atom. The first kappa shape index (κ1) is 17.4. The molecular weight excluding hydrogens is 321 g/mol. The van der Waals surface area contributed by atoms with Gasteiger partial charge in [-0.3, -0.25) is 9.69 Å². The largest absolute Gasteiger partial charge is 0.481 e. The van der Waals surface area contributed by atoms with E-state index in [1.165, 1.54) is 12.1 Å². The van der Waals surface area contributed by atoms with Gasteiger partial charge in [0.05, 0.1) is 12.7 Å². The number of benzene rings is 1. The summed E-state index contributed by atoms with van der Waals surface area (Å²) in [5.74, 6) is 0.279. The van der Waals surface area contributed by atoms with Crippen molar-refractivity contribution in [3.05, 3.63) is 59.5 Å². The highest BCUT2D eigenvalue weighted by Gasteiger charge is 2.20. The number of ether oxygens (including phenoxy) is 1. The molecule has 3 rings (SSSR count). The highest BCUT2D eigenvalue weighted by atomic mass is 19.1. The van der Waals surface area contributed by atoms with Gasteiger partial charge < -0.3 is 9.64 Å². The second-order valence-electron chi connectivity index (χ2n) is 6.14. The molecule has 0 unspecified atom stereocenters. The quantitative estimate of drug-likeness (QED) is 0.856. The van der Waals surface area contributed by atoms with Crippen molar-refractivity contribution in [1.29, 1.82) is 0 Å². The topological polar surface area (TPSA) is 45.7 Å². The molecule has 2 heterocycles. The van der Waals surface area contributed by atoms with Crippen molar-refractivity contribution in [3.8, 4) is 5.88 Å². The minimum Gasteiger partial charge on any atom is -0.481 e. The molecule has 0 bridgehead atoms. The number of halogens is 1. The molecule has 0 N–H and O–H groups in total. The fourth-order valence-corrected chi connectivity index (χ4v) is 2.99. The van der Waals surface area contributed by atoms with Crippen LogP contribution in [0.1, 0.15) is 22.3 Å². The zero-order chi connectivity index (χ0) is 17.6. The van der Waals surface area contributed by atoms with E-state index in [2.05, 4.69) is 9.88 Å². The van der Waals surface area contributed by atoms with Gasteiger partial charge in [-0.25, -0.2) is 9.37 Å². The van der Waals surface area contributed by atoms with Crippen LogP contribution in [0.15, 0.2) is 42.6 Å². The van der Waals surface area contributed by atoms with Crippen LogP contribution in [0.4, 0.5) is 4.39 Å². The Morgan fingerprint density at radius 3 is 2.60 bits per heavy atom. The zero-order valence-electron chi connectivity index (χ0n) is 14.3. The van der Waals surface area contributed by atoms with Gasteiger partial charge in [-0.05, 0) is 30.2 Å². The maximum absolute atomic E-state index is 13.0. The molecule has 5 nitrogen and oxygen atoms in total. The van der Waals surface area contributed by atoms with E-state index in [-0.39, 0.29) is 11.7 Å². The summed E-state index contributed by atoms with van der Waals surface area (Å²) in [7, 11) is 1.55. The third-order valence-electron chi connectivity index (χ3n) is 4.39. The van der Waals surface area contributed by atoms with Crippen LogP contribution >= 0.6 is 0 Å². The van der Waals surface area contributed by atoms with E-state index in [1.54, 1.807) is 25.4 Å². The van der Waals surface area contributed by atoms with Gasteiger partial charge in [0, 0.05) is 45.0 Å². The third kappa shape index (κ3) is 4.54. The van der Waals surface area contributed by atoms with E-state index in [0.29, 0.717) is 18.0 Å². The van der Waals surface area contributed by atoms with Gasteiger partial charge in [0.15, 0.2) is 0 Å². The van der Waals surface area contributed by atoms with Crippen molar-refractivity contribution in [1.82, 2.24) is 14.8 Å². The predicted octanol–water partition coefficient (Wildman–Crippen LogP) is 2.58. The zero-order valence-corrected chi connectivity index (χ0v) is 14.3. The van der Waals surface area contributed by atoms with Crippen LogP contribution in [0.25, 0.3) is 0 Å². The van der Waals surface area contributed by atoms with Crippen LogP contribution in [-0.2, 0) is 6.54 Å². The molecule has 0 aliphatic carbocycles. The summed E-state index contributed by atoms with van der Waals surface area (Å²) in [6, 6.07) is 10.0. The molecule has 25 heavy (non-hydrogen) atoms. The number of methoxy groups -OCH3 is 1. The monoisotopic (exact) mass is 343 g/mol. The van der Waals surface area contributed by atoms with Crippen LogP contribution in [0.2, 0.25) is 0 Å². The standard InChI is InChI=1S/C19H22FN3O2/c1-25-18-8-5-16(13-21-18)19(24)23-10-2-9-22(11-12-23)14-15-3-6-17(20)7-4-15/h3-8,13H,2,9-12,14H2,1H3. The van der Waals surface area contributed by atoms with Crippen LogP contribution in [0.3, 0.4) is 0 Å². The lowest BCUT2D eigenvalue weighted by Crippen LogP contribution is -2.35. The van der Waals surface area contributed by atoms with E-state index in [4.69, 9.17) is 4.74 Å². The molecule has 6 heteroatoms. The van der Waals surface area contributed by atoms with Gasteiger partial charge in [0.1, 0.15) is 5.82 Å². The molecule has 1 aliphatic rings. The number of amides is 1. The molecule has 1 aliphatic heterocycles. The van der Waals surface area contributed by atoms with E-state index in [9.17, 15) is 9.18 Å². The summed E-state index contributed by atoms with van der Waals surface area (Å²) in [6.45, 7) is 3.89. The SMILES string of the molecule is COc1ccc(C(=O)N2CCCN(Cc3ccc(F)cc3)CC2)cn1. The van der Waals surface area contributed by atoms with Gasteiger partial charge >= 0.3 is 0 Å². The predicted molar refractivity (Wildman–Crippen MR) is 93.0 cm³/mol. The number of hydrogen-bond acceptors (Lipinski definition) is 4. The number of carbonyl (C=O) groups excluding carboxylic acids is 1. The Morgan fingerprint density at radius 1 is 1.12 bits per heavy atom. The van der Waals surface area contributed by atoms with Gasteiger partial charge in [-0.2, -0.15) is 0 Å². The lowest BCUT2D eigenvalue weighted by Gasteiger charge is -2.22. The molecule has 1 aromatic heterocycles. The normalized spacial score (nSPS) is 15.7. The number of rotatable bonds is 4. The maximum atomic E-state index is 13.0. The second-order valence-corrected chi connectivity index (χ2v) is 6.14. The van der Waals surface area contributed by atoms with Crippen molar-refractivity contribution >= 4 is 5.91 Å². The van der Waals surface area contributed by atoms with Gasteiger partial charge in [0.25, 0.3) is 5.91 Å². The van der Waals surface area contributed by atoms with E-state index in [1.807, 2.05) is 17.0 Å². The van der Waals surface area contributed by atoms with E-state index < -0.39 is 0 Å². The van der Waals surface area contributed by atoms with E-state index in [0.717, 1.165) is 38.2 Å². The molecule has 0 radical (unpaired) electrons. The highest BCUT2D eigenvalue weighted by molar-refractivity contribution is 5.94. The van der Waals surface area contributed by atoms with Crippen molar-refractivity contribution in [3.63, 3.8) is 0 Å². The molecule has 1 fully saturated rings. The first-order valence-corrected chi connectivity index (χ1v) is 8.42. The summed E-state index contributed by atoms with van der Waals surface area (Å²) >= 11 is 0. The molecular formula is C19H22FN3O2. The minimum atomic E-state index is -0.218. The van der Waals surface area contributed by atoms with Gasteiger partial charge in [0.2, 0.25) is 5.88 Å². The fourth-order valence-electron chi connectivity index (χ4n) is 2.99. The summed E-state index contributed by atoms with van der Waals surface area (Å²) in [5.41, 5.74) is 1.66. The fraction of sp³-hybridized carbons (Fsp3) is 0.368. The summed E-state index contributed by atoms with van der Waals surface area (Å²) in [4.78, 5) is 20.9. The van der Waals surface area contributed by atoms with E-state index >= 15 is 0 Å². The molecule has 2 aromatic rings.